The molecule has 21 heavy (non-hydrogen) atoms. The maximum absolute atomic E-state index is 13.3. The first-order valence-electron chi connectivity index (χ1n) is 7.70. The molecule has 0 saturated heterocycles. The van der Waals surface area contributed by atoms with E-state index >= 15 is 0 Å². The topological polar surface area (TPSA) is 12.0 Å². The second-order valence-corrected chi connectivity index (χ2v) is 6.17. The van der Waals surface area contributed by atoms with Crippen LogP contribution in [0.1, 0.15) is 48.4 Å². The van der Waals surface area contributed by atoms with Crippen LogP contribution in [-0.4, -0.2) is 6.04 Å². The molecule has 1 atom stereocenters. The summed E-state index contributed by atoms with van der Waals surface area (Å²) in [5, 5.41) is 3.61. The van der Waals surface area contributed by atoms with Gasteiger partial charge in [-0.2, -0.15) is 0 Å². The van der Waals surface area contributed by atoms with Crippen molar-refractivity contribution in [3.63, 3.8) is 0 Å². The zero-order valence-electron chi connectivity index (χ0n) is 12.6. The number of nitrogens with one attached hydrogen (secondary N) is 1. The van der Waals surface area contributed by atoms with Gasteiger partial charge in [0.1, 0.15) is 5.82 Å². The third kappa shape index (κ3) is 3.16. The lowest BCUT2D eigenvalue weighted by molar-refractivity contribution is 0.270. The van der Waals surface area contributed by atoms with E-state index in [2.05, 4.69) is 43.4 Å². The smallest absolute Gasteiger partial charge is 0.123 e. The van der Waals surface area contributed by atoms with E-state index in [4.69, 9.17) is 0 Å². The Kier molecular flexibility index (Phi) is 4.07. The summed E-state index contributed by atoms with van der Waals surface area (Å²) >= 11 is 0. The zero-order valence-corrected chi connectivity index (χ0v) is 12.6. The summed E-state index contributed by atoms with van der Waals surface area (Å²) in [7, 11) is 0. The molecule has 1 fully saturated rings. The minimum atomic E-state index is -0.160. The largest absolute Gasteiger partial charge is 0.307 e. The summed E-state index contributed by atoms with van der Waals surface area (Å²) in [6, 6.07) is 16.3. The van der Waals surface area contributed by atoms with Gasteiger partial charge >= 0.3 is 0 Å². The Labute approximate surface area is 126 Å². The van der Waals surface area contributed by atoms with E-state index in [0.29, 0.717) is 12.0 Å². The van der Waals surface area contributed by atoms with Crippen molar-refractivity contribution < 1.29 is 4.39 Å². The van der Waals surface area contributed by atoms with Gasteiger partial charge in [0.15, 0.2) is 0 Å². The lowest BCUT2D eigenvalue weighted by Crippen LogP contribution is -2.41. The highest BCUT2D eigenvalue weighted by Gasteiger charge is 2.31. The van der Waals surface area contributed by atoms with Crippen LogP contribution in [-0.2, 0) is 0 Å². The van der Waals surface area contributed by atoms with Crippen LogP contribution in [0.4, 0.5) is 4.39 Å². The standard InChI is InChI=1S/C19H22FN/c1-13-6-3-4-9-19(13)16-11-18(12-16)21-14(2)15-7-5-8-17(20)10-15/h3-10,14,16,18,21H,11-12H2,1-2H3/t14-,16?,18?/m1/s1. The van der Waals surface area contributed by atoms with Gasteiger partial charge in [0.25, 0.3) is 0 Å². The molecule has 0 unspecified atom stereocenters. The second kappa shape index (κ2) is 5.98. The van der Waals surface area contributed by atoms with Crippen molar-refractivity contribution in [3.8, 4) is 0 Å². The van der Waals surface area contributed by atoms with Crippen LogP contribution >= 0.6 is 0 Å². The van der Waals surface area contributed by atoms with Crippen LogP contribution < -0.4 is 5.32 Å². The zero-order chi connectivity index (χ0) is 14.8. The highest BCUT2D eigenvalue weighted by Crippen LogP contribution is 2.39. The molecule has 0 bridgehead atoms. The summed E-state index contributed by atoms with van der Waals surface area (Å²) in [4.78, 5) is 0. The maximum Gasteiger partial charge on any atom is 0.123 e. The Balaban J connectivity index is 1.56. The summed E-state index contributed by atoms with van der Waals surface area (Å²) in [6.07, 6.45) is 2.34. The van der Waals surface area contributed by atoms with Crippen LogP contribution in [0.2, 0.25) is 0 Å². The molecule has 1 saturated carbocycles. The van der Waals surface area contributed by atoms with Crippen LogP contribution in [0.5, 0.6) is 0 Å². The summed E-state index contributed by atoms with van der Waals surface area (Å²) in [5.41, 5.74) is 3.89. The van der Waals surface area contributed by atoms with Crippen molar-refractivity contribution >= 4 is 0 Å². The second-order valence-electron chi connectivity index (χ2n) is 6.17. The highest BCUT2D eigenvalue weighted by atomic mass is 19.1. The molecule has 1 nitrogen and oxygen atoms in total. The van der Waals surface area contributed by atoms with Crippen molar-refractivity contribution in [2.24, 2.45) is 0 Å². The lowest BCUT2D eigenvalue weighted by Gasteiger charge is -2.39. The Hall–Kier alpha value is -1.67. The Morgan fingerprint density at radius 3 is 2.57 bits per heavy atom. The van der Waals surface area contributed by atoms with Gasteiger partial charge in [-0.05, 0) is 61.4 Å². The molecule has 1 aliphatic rings. The molecule has 0 amide bonds. The quantitative estimate of drug-likeness (QED) is 0.855. The Morgan fingerprint density at radius 2 is 1.86 bits per heavy atom. The fourth-order valence-corrected chi connectivity index (χ4v) is 3.28. The molecule has 3 rings (SSSR count). The monoisotopic (exact) mass is 283 g/mol. The van der Waals surface area contributed by atoms with Gasteiger partial charge in [0.2, 0.25) is 0 Å². The number of rotatable bonds is 4. The normalized spacial score (nSPS) is 22.6. The third-order valence-electron chi connectivity index (χ3n) is 4.60. The predicted octanol–water partition coefficient (Wildman–Crippen LogP) is 4.73. The fourth-order valence-electron chi connectivity index (χ4n) is 3.28. The first-order chi connectivity index (χ1) is 10.1. The molecule has 0 radical (unpaired) electrons. The molecule has 1 N–H and O–H groups in total. The Bertz CT molecular complexity index is 616. The van der Waals surface area contributed by atoms with Crippen LogP contribution in [0, 0.1) is 12.7 Å². The number of hydrogen-bond donors (Lipinski definition) is 1. The van der Waals surface area contributed by atoms with Crippen molar-refractivity contribution in [2.75, 3.05) is 0 Å². The molecular weight excluding hydrogens is 261 g/mol. The maximum atomic E-state index is 13.3. The molecule has 1 aliphatic carbocycles. The van der Waals surface area contributed by atoms with Crippen molar-refractivity contribution in [3.05, 3.63) is 71.0 Å². The van der Waals surface area contributed by atoms with Crippen molar-refractivity contribution in [1.82, 2.24) is 5.32 Å². The van der Waals surface area contributed by atoms with Crippen molar-refractivity contribution in [2.45, 2.75) is 44.7 Å². The van der Waals surface area contributed by atoms with E-state index in [0.717, 1.165) is 5.56 Å². The van der Waals surface area contributed by atoms with Gasteiger partial charge in [0.05, 0.1) is 0 Å². The van der Waals surface area contributed by atoms with Gasteiger partial charge in [-0.3, -0.25) is 0 Å². The highest BCUT2D eigenvalue weighted by molar-refractivity contribution is 5.31. The number of halogens is 1. The Morgan fingerprint density at radius 1 is 1.10 bits per heavy atom. The molecule has 0 heterocycles. The molecule has 110 valence electrons. The van der Waals surface area contributed by atoms with E-state index in [1.54, 1.807) is 12.1 Å². The number of hydrogen-bond acceptors (Lipinski definition) is 1. The van der Waals surface area contributed by atoms with Gasteiger partial charge in [0, 0.05) is 12.1 Å². The molecular formula is C19H22FN. The first-order valence-corrected chi connectivity index (χ1v) is 7.70. The lowest BCUT2D eigenvalue weighted by atomic mass is 9.74. The van der Waals surface area contributed by atoms with Crippen LogP contribution in [0.15, 0.2) is 48.5 Å². The third-order valence-corrected chi connectivity index (χ3v) is 4.60. The van der Waals surface area contributed by atoms with Crippen LogP contribution in [0.3, 0.4) is 0 Å². The molecule has 0 spiro atoms. The van der Waals surface area contributed by atoms with Gasteiger partial charge in [-0.25, -0.2) is 4.39 Å². The number of aryl methyl sites for hydroxylation is 1. The SMILES string of the molecule is Cc1ccccc1C1CC(N[C@H](C)c2cccc(F)c2)C1. The molecule has 2 heteroatoms. The molecule has 0 aromatic heterocycles. The predicted molar refractivity (Wildman–Crippen MR) is 84.9 cm³/mol. The minimum Gasteiger partial charge on any atom is -0.307 e. The minimum absolute atomic E-state index is 0.160. The molecule has 0 aliphatic heterocycles. The van der Waals surface area contributed by atoms with E-state index in [-0.39, 0.29) is 11.9 Å². The molecule has 2 aromatic carbocycles. The van der Waals surface area contributed by atoms with Gasteiger partial charge < -0.3 is 5.32 Å². The van der Waals surface area contributed by atoms with Gasteiger partial charge in [-0.1, -0.05) is 36.4 Å². The van der Waals surface area contributed by atoms with Crippen molar-refractivity contribution in [1.29, 1.82) is 0 Å². The summed E-state index contributed by atoms with van der Waals surface area (Å²) < 4.78 is 13.3. The fraction of sp³-hybridized carbons (Fsp3) is 0.368. The van der Waals surface area contributed by atoms with Crippen LogP contribution in [0.25, 0.3) is 0 Å². The summed E-state index contributed by atoms with van der Waals surface area (Å²) in [6.45, 7) is 4.29. The average molecular weight is 283 g/mol. The van der Waals surface area contributed by atoms with E-state index in [9.17, 15) is 4.39 Å². The first kappa shape index (κ1) is 14.3. The summed E-state index contributed by atoms with van der Waals surface area (Å²) in [5.74, 6) is 0.510. The van der Waals surface area contributed by atoms with E-state index < -0.39 is 0 Å². The average Bonchev–Trinajstić information content (AvgIpc) is 2.43. The van der Waals surface area contributed by atoms with E-state index in [1.165, 1.54) is 30.0 Å². The number of benzene rings is 2. The van der Waals surface area contributed by atoms with E-state index in [1.807, 2.05) is 6.07 Å². The van der Waals surface area contributed by atoms with Gasteiger partial charge in [-0.15, -0.1) is 0 Å². The molecule has 2 aromatic rings.